The molecule has 0 saturated heterocycles. The number of anilines is 1. The first kappa shape index (κ1) is 21.3. The molecule has 0 fully saturated rings. The van der Waals surface area contributed by atoms with Crippen LogP contribution in [-0.4, -0.2) is 43.6 Å². The molecule has 3 rings (SSSR count). The van der Waals surface area contributed by atoms with E-state index >= 15 is 0 Å². The van der Waals surface area contributed by atoms with Crippen LogP contribution in [0.2, 0.25) is 0 Å². The number of nitrogens with one attached hydrogen (secondary N) is 1. The number of carbonyl (C=O) groups excluding carboxylic acids is 2. The van der Waals surface area contributed by atoms with Gasteiger partial charge in [0.15, 0.2) is 18.1 Å². The zero-order valence-electron chi connectivity index (χ0n) is 16.7. The molecule has 2 aromatic carbocycles. The van der Waals surface area contributed by atoms with Crippen molar-refractivity contribution in [3.8, 4) is 0 Å². The first-order valence-corrected chi connectivity index (χ1v) is 9.09. The van der Waals surface area contributed by atoms with Gasteiger partial charge in [-0.3, -0.25) is 14.9 Å². The zero-order valence-corrected chi connectivity index (χ0v) is 16.7. The molecule has 1 heterocycles. The van der Waals surface area contributed by atoms with Crippen molar-refractivity contribution in [3.63, 3.8) is 0 Å². The number of hydrogen-bond donors (Lipinski definition) is 1. The summed E-state index contributed by atoms with van der Waals surface area (Å²) in [5.74, 6) is -1.22. The Morgan fingerprint density at radius 1 is 1.19 bits per heavy atom. The third-order valence-corrected chi connectivity index (χ3v) is 4.12. The van der Waals surface area contributed by atoms with E-state index in [4.69, 9.17) is 4.74 Å². The highest BCUT2D eigenvalue weighted by atomic mass is 16.6. The highest BCUT2D eigenvalue weighted by Gasteiger charge is 2.20. The van der Waals surface area contributed by atoms with Gasteiger partial charge in [-0.2, -0.15) is 4.68 Å². The Balaban J connectivity index is 1.75. The van der Waals surface area contributed by atoms with Crippen molar-refractivity contribution >= 4 is 35.0 Å². The van der Waals surface area contributed by atoms with Gasteiger partial charge >= 0.3 is 5.97 Å². The Morgan fingerprint density at radius 2 is 1.94 bits per heavy atom. The van der Waals surface area contributed by atoms with E-state index in [-0.39, 0.29) is 17.1 Å². The number of carbonyl (C=O) groups is 2. The quantitative estimate of drug-likeness (QED) is 0.265. The van der Waals surface area contributed by atoms with Crippen molar-refractivity contribution in [2.75, 3.05) is 11.9 Å². The molecule has 1 N–H and O–H groups in total. The zero-order chi connectivity index (χ0) is 22.4. The van der Waals surface area contributed by atoms with Crippen LogP contribution in [0, 0.1) is 24.0 Å². The monoisotopic (exact) mass is 422 g/mol. The summed E-state index contributed by atoms with van der Waals surface area (Å²) in [5, 5.41) is 24.6. The van der Waals surface area contributed by atoms with Gasteiger partial charge in [0.1, 0.15) is 5.69 Å². The molecule has 1 aromatic heterocycles. The van der Waals surface area contributed by atoms with Gasteiger partial charge in [0.05, 0.1) is 4.92 Å². The van der Waals surface area contributed by atoms with Gasteiger partial charge < -0.3 is 10.1 Å². The summed E-state index contributed by atoms with van der Waals surface area (Å²) < 4.78 is 6.30. The SMILES string of the molecule is Cc1ccc(NC(=O)COC(=O)/C(=C/c2ccccc2)n2nnnc2C)c([N+](=O)[O-])c1. The molecule has 31 heavy (non-hydrogen) atoms. The van der Waals surface area contributed by atoms with Crippen LogP contribution in [-0.2, 0) is 14.3 Å². The predicted molar refractivity (Wildman–Crippen MR) is 111 cm³/mol. The number of aromatic nitrogens is 4. The second-order valence-electron chi connectivity index (χ2n) is 6.48. The van der Waals surface area contributed by atoms with Gasteiger partial charge in [-0.15, -0.1) is 5.10 Å². The lowest BCUT2D eigenvalue weighted by Gasteiger charge is -2.10. The summed E-state index contributed by atoms with van der Waals surface area (Å²) in [6, 6.07) is 13.3. The molecule has 0 radical (unpaired) electrons. The first-order valence-electron chi connectivity index (χ1n) is 9.09. The van der Waals surface area contributed by atoms with Crippen molar-refractivity contribution in [1.29, 1.82) is 0 Å². The molecule has 0 unspecified atom stereocenters. The van der Waals surface area contributed by atoms with Crippen LogP contribution in [0.15, 0.2) is 48.5 Å². The minimum Gasteiger partial charge on any atom is -0.451 e. The van der Waals surface area contributed by atoms with Gasteiger partial charge in [0.2, 0.25) is 0 Å². The van der Waals surface area contributed by atoms with E-state index in [0.717, 1.165) is 0 Å². The number of nitrogens with zero attached hydrogens (tertiary/aromatic N) is 5. The Morgan fingerprint density at radius 3 is 2.58 bits per heavy atom. The molecular weight excluding hydrogens is 404 g/mol. The average molecular weight is 422 g/mol. The molecule has 3 aromatic rings. The van der Waals surface area contributed by atoms with Gasteiger partial charge in [0.25, 0.3) is 11.6 Å². The number of ether oxygens (including phenoxy) is 1. The lowest BCUT2D eigenvalue weighted by atomic mass is 10.2. The van der Waals surface area contributed by atoms with Gasteiger partial charge in [-0.05, 0) is 47.5 Å². The van der Waals surface area contributed by atoms with Gasteiger partial charge in [0, 0.05) is 6.07 Å². The van der Waals surface area contributed by atoms with Gasteiger partial charge in [-0.1, -0.05) is 36.4 Å². The minimum atomic E-state index is -0.840. The molecule has 11 heteroatoms. The number of esters is 1. The normalized spacial score (nSPS) is 11.1. The summed E-state index contributed by atoms with van der Waals surface area (Å²) in [5.41, 5.74) is 1.12. The van der Waals surface area contributed by atoms with E-state index in [1.807, 2.05) is 6.07 Å². The molecular formula is C20H18N6O5. The summed E-state index contributed by atoms with van der Waals surface area (Å²) in [6.07, 6.45) is 1.52. The number of nitro groups is 1. The minimum absolute atomic E-state index is 0.00261. The molecule has 0 aliphatic carbocycles. The molecule has 158 valence electrons. The average Bonchev–Trinajstić information content (AvgIpc) is 3.17. The van der Waals surface area contributed by atoms with Crippen molar-refractivity contribution in [3.05, 3.63) is 75.6 Å². The van der Waals surface area contributed by atoms with E-state index in [0.29, 0.717) is 17.0 Å². The maximum absolute atomic E-state index is 12.7. The van der Waals surface area contributed by atoms with Crippen LogP contribution in [0.5, 0.6) is 0 Å². The number of amides is 1. The van der Waals surface area contributed by atoms with E-state index in [1.54, 1.807) is 44.2 Å². The fourth-order valence-corrected chi connectivity index (χ4v) is 2.66. The van der Waals surface area contributed by atoms with Crippen LogP contribution in [0.25, 0.3) is 11.8 Å². The van der Waals surface area contributed by atoms with Crippen LogP contribution in [0.3, 0.4) is 0 Å². The number of nitro benzene ring substituents is 1. The molecule has 0 aliphatic rings. The molecule has 0 spiro atoms. The second-order valence-corrected chi connectivity index (χ2v) is 6.48. The molecule has 11 nitrogen and oxygen atoms in total. The lowest BCUT2D eigenvalue weighted by Crippen LogP contribution is -2.23. The fraction of sp³-hybridized carbons (Fsp3) is 0.150. The van der Waals surface area contributed by atoms with Crippen LogP contribution < -0.4 is 5.32 Å². The summed E-state index contributed by atoms with van der Waals surface area (Å²) >= 11 is 0. The summed E-state index contributed by atoms with van der Waals surface area (Å²) in [4.78, 5) is 35.5. The maximum Gasteiger partial charge on any atom is 0.357 e. The van der Waals surface area contributed by atoms with E-state index in [1.165, 1.54) is 22.9 Å². The van der Waals surface area contributed by atoms with Crippen molar-refractivity contribution in [1.82, 2.24) is 20.2 Å². The van der Waals surface area contributed by atoms with Crippen LogP contribution >= 0.6 is 0 Å². The van der Waals surface area contributed by atoms with Crippen molar-refractivity contribution in [2.24, 2.45) is 0 Å². The van der Waals surface area contributed by atoms with E-state index < -0.39 is 23.4 Å². The Labute approximate surface area is 176 Å². The number of benzene rings is 2. The topological polar surface area (TPSA) is 142 Å². The third kappa shape index (κ3) is 5.35. The molecule has 1 amide bonds. The van der Waals surface area contributed by atoms with Crippen molar-refractivity contribution < 1.29 is 19.2 Å². The van der Waals surface area contributed by atoms with E-state index in [2.05, 4.69) is 20.8 Å². The van der Waals surface area contributed by atoms with Crippen LogP contribution in [0.1, 0.15) is 17.0 Å². The Hall–Kier alpha value is -4.41. The standard InChI is InChI=1S/C20H18N6O5/c1-13-8-9-16(17(10-13)26(29)30)21-19(27)12-31-20(28)18(25-14(2)22-23-24-25)11-15-6-4-3-5-7-15/h3-11H,12H2,1-2H3,(H,21,27)/b18-11-. The predicted octanol–water partition coefficient (Wildman–Crippen LogP) is 2.38. The summed E-state index contributed by atoms with van der Waals surface area (Å²) in [7, 11) is 0. The van der Waals surface area contributed by atoms with Gasteiger partial charge in [-0.25, -0.2) is 4.79 Å². The first-order chi connectivity index (χ1) is 14.8. The lowest BCUT2D eigenvalue weighted by molar-refractivity contribution is -0.384. The third-order valence-electron chi connectivity index (χ3n) is 4.12. The number of rotatable bonds is 7. The molecule has 0 bridgehead atoms. The highest BCUT2D eigenvalue weighted by Crippen LogP contribution is 2.25. The molecule has 0 aliphatic heterocycles. The van der Waals surface area contributed by atoms with E-state index in [9.17, 15) is 19.7 Å². The second kappa shape index (κ2) is 9.39. The number of hydrogen-bond acceptors (Lipinski definition) is 8. The van der Waals surface area contributed by atoms with Crippen LogP contribution in [0.4, 0.5) is 11.4 Å². The molecule has 0 saturated carbocycles. The maximum atomic E-state index is 12.7. The molecule has 0 atom stereocenters. The number of tetrazole rings is 1. The fourth-order valence-electron chi connectivity index (χ4n) is 2.66. The Bertz CT molecular complexity index is 1160. The smallest absolute Gasteiger partial charge is 0.357 e. The van der Waals surface area contributed by atoms with Crippen molar-refractivity contribution in [2.45, 2.75) is 13.8 Å². The number of aryl methyl sites for hydroxylation is 2. The highest BCUT2D eigenvalue weighted by molar-refractivity contribution is 6.15. The summed E-state index contributed by atoms with van der Waals surface area (Å²) in [6.45, 7) is 2.65. The largest absolute Gasteiger partial charge is 0.451 e. The Kier molecular flexibility index (Phi) is 6.45.